The molecule has 0 saturated heterocycles. The predicted octanol–water partition coefficient (Wildman–Crippen LogP) is 2.60. The minimum atomic E-state index is -0.227. The molecule has 1 aromatic rings. The van der Waals surface area contributed by atoms with Gasteiger partial charge in [-0.05, 0) is 31.9 Å². The topological polar surface area (TPSA) is 49.3 Å². The molecule has 0 aliphatic rings. The number of benzene rings is 1. The molecule has 0 fully saturated rings. The maximum Gasteiger partial charge on any atom is 0.255 e. The summed E-state index contributed by atoms with van der Waals surface area (Å²) in [5.74, 6) is -0.166. The lowest BCUT2D eigenvalue weighted by atomic mass is 10.1. The number of halogens is 1. The van der Waals surface area contributed by atoms with Crippen molar-refractivity contribution < 1.29 is 9.90 Å². The molecule has 0 heterocycles. The molecule has 1 rings (SSSR count). The van der Waals surface area contributed by atoms with Crippen molar-refractivity contribution in [3.05, 3.63) is 29.3 Å². The molecule has 2 N–H and O–H groups in total. The van der Waals surface area contributed by atoms with Gasteiger partial charge < -0.3 is 10.4 Å². The number of carbonyl (C=O) groups is 1. The number of alkyl halides is 1. The van der Waals surface area contributed by atoms with Crippen LogP contribution < -0.4 is 5.32 Å². The van der Waals surface area contributed by atoms with E-state index >= 15 is 0 Å². The van der Waals surface area contributed by atoms with Gasteiger partial charge in [-0.3, -0.25) is 4.79 Å². The molecular weight excluding hydrogens is 270 g/mol. The Labute approximate surface area is 104 Å². The Bertz CT molecular complexity index is 379. The van der Waals surface area contributed by atoms with Gasteiger partial charge in [0.1, 0.15) is 5.75 Å². The number of phenols is 1. The number of rotatable bonds is 4. The second-order valence-corrected chi connectivity index (χ2v) is 4.62. The number of aromatic hydroxyl groups is 1. The molecular formula is C12H16BrNO2. The number of para-hydroxylation sites is 1. The average Bonchev–Trinajstić information content (AvgIpc) is 2.22. The number of aryl methyl sites for hydroxylation is 1. The van der Waals surface area contributed by atoms with Crippen molar-refractivity contribution in [2.45, 2.75) is 26.3 Å². The Morgan fingerprint density at radius 2 is 2.25 bits per heavy atom. The van der Waals surface area contributed by atoms with Crippen LogP contribution in [-0.2, 0) is 0 Å². The van der Waals surface area contributed by atoms with Gasteiger partial charge >= 0.3 is 0 Å². The highest BCUT2D eigenvalue weighted by Crippen LogP contribution is 2.21. The van der Waals surface area contributed by atoms with Crippen molar-refractivity contribution in [1.29, 1.82) is 0 Å². The lowest BCUT2D eigenvalue weighted by Gasteiger charge is -2.13. The molecule has 16 heavy (non-hydrogen) atoms. The highest BCUT2D eigenvalue weighted by Gasteiger charge is 2.14. The molecule has 1 unspecified atom stereocenters. The summed E-state index contributed by atoms with van der Waals surface area (Å²) in [6, 6.07) is 5.25. The van der Waals surface area contributed by atoms with Crippen LogP contribution in [0, 0.1) is 6.92 Å². The molecule has 0 spiro atoms. The maximum absolute atomic E-state index is 11.8. The number of hydrogen-bond acceptors (Lipinski definition) is 2. The Balaban J connectivity index is 2.77. The van der Waals surface area contributed by atoms with Crippen LogP contribution in [0.25, 0.3) is 0 Å². The SMILES string of the molecule is Cc1cccc(C(=O)NC(C)CCBr)c1O. The average molecular weight is 286 g/mol. The highest BCUT2D eigenvalue weighted by molar-refractivity contribution is 9.09. The van der Waals surface area contributed by atoms with Crippen LogP contribution in [0.3, 0.4) is 0 Å². The standard InChI is InChI=1S/C12H16BrNO2/c1-8-4-3-5-10(11(8)15)12(16)14-9(2)6-7-13/h3-5,9,15H,6-7H2,1-2H3,(H,14,16). The number of carbonyl (C=O) groups excluding carboxylic acids is 1. The first-order valence-corrected chi connectivity index (χ1v) is 6.33. The summed E-state index contributed by atoms with van der Waals surface area (Å²) < 4.78 is 0. The van der Waals surface area contributed by atoms with Crippen LogP contribution >= 0.6 is 15.9 Å². The molecule has 1 amide bonds. The summed E-state index contributed by atoms with van der Waals surface area (Å²) in [6.07, 6.45) is 0.859. The van der Waals surface area contributed by atoms with Gasteiger partial charge in [-0.2, -0.15) is 0 Å². The zero-order valence-electron chi connectivity index (χ0n) is 9.46. The Morgan fingerprint density at radius 3 is 2.88 bits per heavy atom. The van der Waals surface area contributed by atoms with E-state index in [2.05, 4.69) is 21.2 Å². The third-order valence-corrected chi connectivity index (χ3v) is 2.86. The normalized spacial score (nSPS) is 12.2. The summed E-state index contributed by atoms with van der Waals surface area (Å²) >= 11 is 3.32. The van der Waals surface area contributed by atoms with Crippen LogP contribution in [0.1, 0.15) is 29.3 Å². The molecule has 1 aromatic carbocycles. The fourth-order valence-electron chi connectivity index (χ4n) is 1.38. The van der Waals surface area contributed by atoms with E-state index in [4.69, 9.17) is 0 Å². The lowest BCUT2D eigenvalue weighted by molar-refractivity contribution is 0.0937. The van der Waals surface area contributed by atoms with E-state index in [1.807, 2.05) is 6.92 Å². The number of nitrogens with one attached hydrogen (secondary N) is 1. The van der Waals surface area contributed by atoms with Crippen molar-refractivity contribution in [1.82, 2.24) is 5.32 Å². The molecule has 0 bridgehead atoms. The van der Waals surface area contributed by atoms with Crippen LogP contribution in [0.5, 0.6) is 5.75 Å². The van der Waals surface area contributed by atoms with Gasteiger partial charge in [0, 0.05) is 11.4 Å². The second kappa shape index (κ2) is 5.89. The highest BCUT2D eigenvalue weighted by atomic mass is 79.9. The van der Waals surface area contributed by atoms with Gasteiger partial charge in [0.25, 0.3) is 5.91 Å². The second-order valence-electron chi connectivity index (χ2n) is 3.82. The first-order chi connectivity index (χ1) is 7.56. The van der Waals surface area contributed by atoms with Gasteiger partial charge in [0.05, 0.1) is 5.56 Å². The predicted molar refractivity (Wildman–Crippen MR) is 68.2 cm³/mol. The monoisotopic (exact) mass is 285 g/mol. The zero-order valence-corrected chi connectivity index (χ0v) is 11.0. The Kier molecular flexibility index (Phi) is 4.80. The fraction of sp³-hybridized carbons (Fsp3) is 0.417. The lowest BCUT2D eigenvalue weighted by Crippen LogP contribution is -2.32. The van der Waals surface area contributed by atoms with Crippen molar-refractivity contribution in [2.75, 3.05) is 5.33 Å². The van der Waals surface area contributed by atoms with Gasteiger partial charge in [-0.25, -0.2) is 0 Å². The minimum absolute atomic E-state index is 0.0612. The van der Waals surface area contributed by atoms with Crippen molar-refractivity contribution in [3.63, 3.8) is 0 Å². The fourth-order valence-corrected chi connectivity index (χ4v) is 2.07. The van der Waals surface area contributed by atoms with Gasteiger partial charge in [0.2, 0.25) is 0 Å². The van der Waals surface area contributed by atoms with Gasteiger partial charge in [-0.15, -0.1) is 0 Å². The molecule has 3 nitrogen and oxygen atoms in total. The first kappa shape index (κ1) is 13.0. The molecule has 0 radical (unpaired) electrons. The number of hydrogen-bond donors (Lipinski definition) is 2. The summed E-state index contributed by atoms with van der Waals surface area (Å²) in [7, 11) is 0. The third-order valence-electron chi connectivity index (χ3n) is 2.40. The van der Waals surface area contributed by atoms with E-state index in [9.17, 15) is 9.90 Å². The smallest absolute Gasteiger partial charge is 0.255 e. The first-order valence-electron chi connectivity index (χ1n) is 5.21. The largest absolute Gasteiger partial charge is 0.507 e. The van der Waals surface area contributed by atoms with E-state index < -0.39 is 0 Å². The number of amides is 1. The summed E-state index contributed by atoms with van der Waals surface area (Å²) in [5.41, 5.74) is 1.04. The van der Waals surface area contributed by atoms with Gasteiger partial charge in [-0.1, -0.05) is 28.1 Å². The summed E-state index contributed by atoms with van der Waals surface area (Å²) in [5, 5.41) is 13.4. The van der Waals surface area contributed by atoms with Crippen molar-refractivity contribution in [3.8, 4) is 5.75 Å². The third kappa shape index (κ3) is 3.23. The molecule has 0 aliphatic carbocycles. The molecule has 4 heteroatoms. The summed E-state index contributed by atoms with van der Waals surface area (Å²) in [6.45, 7) is 3.71. The van der Waals surface area contributed by atoms with Crippen LogP contribution in [0.2, 0.25) is 0 Å². The van der Waals surface area contributed by atoms with E-state index in [0.29, 0.717) is 11.1 Å². The Morgan fingerprint density at radius 1 is 1.56 bits per heavy atom. The molecule has 0 aliphatic heterocycles. The number of phenolic OH excluding ortho intramolecular Hbond substituents is 1. The van der Waals surface area contributed by atoms with Crippen molar-refractivity contribution >= 4 is 21.8 Å². The molecule has 1 atom stereocenters. The van der Waals surface area contributed by atoms with Crippen LogP contribution in [0.15, 0.2) is 18.2 Å². The van der Waals surface area contributed by atoms with E-state index in [0.717, 1.165) is 11.8 Å². The van der Waals surface area contributed by atoms with Crippen molar-refractivity contribution in [2.24, 2.45) is 0 Å². The van der Waals surface area contributed by atoms with E-state index in [1.165, 1.54) is 0 Å². The molecule has 0 aromatic heterocycles. The zero-order chi connectivity index (χ0) is 12.1. The molecule has 88 valence electrons. The van der Waals surface area contributed by atoms with Gasteiger partial charge in [0.15, 0.2) is 0 Å². The quantitative estimate of drug-likeness (QED) is 0.836. The Hall–Kier alpha value is -1.03. The minimum Gasteiger partial charge on any atom is -0.507 e. The molecule has 0 saturated carbocycles. The van der Waals surface area contributed by atoms with Crippen LogP contribution in [0.4, 0.5) is 0 Å². The van der Waals surface area contributed by atoms with E-state index in [1.54, 1.807) is 25.1 Å². The summed E-state index contributed by atoms with van der Waals surface area (Å²) in [4.78, 5) is 11.8. The van der Waals surface area contributed by atoms with E-state index in [-0.39, 0.29) is 17.7 Å². The van der Waals surface area contributed by atoms with Crippen LogP contribution in [-0.4, -0.2) is 22.4 Å². The maximum atomic E-state index is 11.8.